The quantitative estimate of drug-likeness (QED) is 0.0453. The van der Waals surface area contributed by atoms with Gasteiger partial charge in [0.2, 0.25) is 0 Å². The Labute approximate surface area is 269 Å². The van der Waals surface area contributed by atoms with E-state index in [0.717, 1.165) is 38.5 Å². The molecule has 0 aliphatic carbocycles. The minimum atomic E-state index is -0.975. The Kier molecular flexibility index (Phi) is 23.0. The summed E-state index contributed by atoms with van der Waals surface area (Å²) in [5, 5.41) is 10.0. The van der Waals surface area contributed by atoms with Crippen LogP contribution < -0.4 is 0 Å². The van der Waals surface area contributed by atoms with Crippen molar-refractivity contribution in [1.29, 1.82) is 0 Å². The number of esters is 2. The van der Waals surface area contributed by atoms with E-state index < -0.39 is 6.10 Å². The molecule has 0 saturated carbocycles. The molecule has 1 N–H and O–H groups in total. The molecule has 2 saturated heterocycles. The summed E-state index contributed by atoms with van der Waals surface area (Å²) >= 11 is 0. The highest BCUT2D eigenvalue weighted by molar-refractivity contribution is 5.69. The highest BCUT2D eigenvalue weighted by Gasteiger charge is 2.37. The van der Waals surface area contributed by atoms with Crippen LogP contribution in [0.1, 0.15) is 181 Å². The Bertz CT molecular complexity index is 656. The lowest BCUT2D eigenvalue weighted by molar-refractivity contribution is -0.152. The highest BCUT2D eigenvalue weighted by Crippen LogP contribution is 2.32. The number of hydrogen-bond acceptors (Lipinski definition) is 7. The molecule has 2 fully saturated rings. The van der Waals surface area contributed by atoms with Crippen molar-refractivity contribution in [2.75, 3.05) is 13.2 Å². The first-order chi connectivity index (χ1) is 21.5. The van der Waals surface area contributed by atoms with Gasteiger partial charge in [0, 0.05) is 12.8 Å². The van der Waals surface area contributed by atoms with E-state index >= 15 is 0 Å². The first-order valence-corrected chi connectivity index (χ1v) is 18.8. The molecular weight excluding hydrogens is 556 g/mol. The molecule has 2 rings (SSSR count). The molecule has 7 heteroatoms. The number of epoxide rings is 2. The van der Waals surface area contributed by atoms with Gasteiger partial charge in [-0.15, -0.1) is 0 Å². The Morgan fingerprint density at radius 2 is 0.795 bits per heavy atom. The number of hydrogen-bond donors (Lipinski definition) is 1. The van der Waals surface area contributed by atoms with Crippen LogP contribution in [-0.4, -0.2) is 60.8 Å². The number of aliphatic hydroxyl groups is 1. The van der Waals surface area contributed by atoms with Crippen LogP contribution in [0.3, 0.4) is 0 Å². The minimum Gasteiger partial charge on any atom is -0.463 e. The first kappa shape index (κ1) is 39.0. The lowest BCUT2D eigenvalue weighted by atomic mass is 10.0. The molecule has 0 radical (unpaired) electrons. The fourth-order valence-electron chi connectivity index (χ4n) is 6.13. The van der Waals surface area contributed by atoms with Crippen LogP contribution in [0.5, 0.6) is 0 Å². The molecule has 4 atom stereocenters. The maximum atomic E-state index is 12.0. The summed E-state index contributed by atoms with van der Waals surface area (Å²) in [4.78, 5) is 23.9. The van der Waals surface area contributed by atoms with Crippen molar-refractivity contribution >= 4 is 11.9 Å². The third-order valence-corrected chi connectivity index (χ3v) is 9.17. The van der Waals surface area contributed by atoms with E-state index in [2.05, 4.69) is 13.8 Å². The predicted octanol–water partition coefficient (Wildman–Crippen LogP) is 9.15. The molecular formula is C37H68O7. The molecule has 4 unspecified atom stereocenters. The number of carbonyl (C=O) groups is 2. The van der Waals surface area contributed by atoms with Crippen LogP contribution in [0.2, 0.25) is 0 Å². The maximum Gasteiger partial charge on any atom is 0.305 e. The molecule has 0 amide bonds. The monoisotopic (exact) mass is 624 g/mol. The first-order valence-electron chi connectivity index (χ1n) is 18.8. The lowest BCUT2D eigenvalue weighted by Gasteiger charge is -2.12. The molecule has 2 aliphatic rings. The zero-order valence-electron chi connectivity index (χ0n) is 28.6. The third kappa shape index (κ3) is 21.5. The number of unbranched alkanes of at least 4 members (excludes halogenated alkanes) is 16. The molecule has 0 aromatic heterocycles. The van der Waals surface area contributed by atoms with Gasteiger partial charge in [0.05, 0.1) is 24.4 Å². The van der Waals surface area contributed by atoms with Crippen molar-refractivity contribution < 1.29 is 33.6 Å². The number of rotatable bonds is 32. The van der Waals surface area contributed by atoms with Crippen LogP contribution in [-0.2, 0) is 28.5 Å². The van der Waals surface area contributed by atoms with E-state index in [0.29, 0.717) is 37.3 Å². The zero-order chi connectivity index (χ0) is 31.7. The van der Waals surface area contributed by atoms with E-state index in [1.54, 1.807) is 0 Å². The normalized spacial score (nSPS) is 21.2. The van der Waals surface area contributed by atoms with Gasteiger partial charge in [-0.1, -0.05) is 129 Å². The van der Waals surface area contributed by atoms with Gasteiger partial charge in [-0.3, -0.25) is 9.59 Å². The molecule has 0 spiro atoms. The summed E-state index contributed by atoms with van der Waals surface area (Å²) < 4.78 is 21.9. The van der Waals surface area contributed by atoms with Crippen molar-refractivity contribution in [2.45, 2.75) is 211 Å². The molecule has 0 aromatic rings. The molecule has 0 bridgehead atoms. The van der Waals surface area contributed by atoms with Gasteiger partial charge < -0.3 is 24.1 Å². The van der Waals surface area contributed by atoms with Gasteiger partial charge in [0.15, 0.2) is 0 Å². The van der Waals surface area contributed by atoms with E-state index in [9.17, 15) is 14.7 Å². The van der Waals surface area contributed by atoms with Crippen molar-refractivity contribution in [2.24, 2.45) is 0 Å². The van der Waals surface area contributed by atoms with Gasteiger partial charge in [-0.05, 0) is 38.5 Å². The minimum absolute atomic E-state index is 0.127. The van der Waals surface area contributed by atoms with Crippen molar-refractivity contribution in [1.82, 2.24) is 0 Å². The van der Waals surface area contributed by atoms with Crippen LogP contribution in [0.25, 0.3) is 0 Å². The molecule has 0 aromatic carbocycles. The maximum absolute atomic E-state index is 12.0. The molecule has 2 aliphatic heterocycles. The second-order valence-electron chi connectivity index (χ2n) is 13.5. The van der Waals surface area contributed by atoms with Crippen LogP contribution in [0.4, 0.5) is 0 Å². The number of aliphatic hydroxyl groups excluding tert-OH is 1. The average molecular weight is 625 g/mol. The Balaban J connectivity index is 1.28. The van der Waals surface area contributed by atoms with Gasteiger partial charge >= 0.3 is 11.9 Å². The van der Waals surface area contributed by atoms with E-state index in [1.807, 2.05) is 0 Å². The second-order valence-corrected chi connectivity index (χ2v) is 13.5. The SMILES string of the molecule is CCCCCCCC1OC1CCCCCCCC(=O)OCC(O)COC(=O)CCCCCCCC1OC1CCCCCCC. The third-order valence-electron chi connectivity index (χ3n) is 9.17. The van der Waals surface area contributed by atoms with Gasteiger partial charge in [0.25, 0.3) is 0 Å². The number of ether oxygens (including phenoxy) is 4. The average Bonchev–Trinajstić information content (AvgIpc) is 3.95. The standard InChI is InChI=1S/C37H68O7/c1-3-5-7-11-17-23-32-34(43-32)25-19-13-9-15-21-27-36(39)41-29-31(38)30-42-37(40)28-22-16-10-14-20-26-35-33(44-35)24-18-12-8-6-4-2/h31-35,38H,3-30H2,1-2H3. The summed E-state index contributed by atoms with van der Waals surface area (Å²) in [7, 11) is 0. The van der Waals surface area contributed by atoms with E-state index in [-0.39, 0.29) is 25.2 Å². The molecule has 258 valence electrons. The topological polar surface area (TPSA) is 97.9 Å². The van der Waals surface area contributed by atoms with Crippen LogP contribution in [0, 0.1) is 0 Å². The fraction of sp³-hybridized carbons (Fsp3) is 0.946. The van der Waals surface area contributed by atoms with Crippen molar-refractivity contribution in [3.05, 3.63) is 0 Å². The highest BCUT2D eigenvalue weighted by atomic mass is 16.6. The van der Waals surface area contributed by atoms with Gasteiger partial charge in [0.1, 0.15) is 19.3 Å². The fourth-order valence-corrected chi connectivity index (χ4v) is 6.13. The predicted molar refractivity (Wildman–Crippen MR) is 177 cm³/mol. The van der Waals surface area contributed by atoms with Gasteiger partial charge in [-0.25, -0.2) is 0 Å². The van der Waals surface area contributed by atoms with Crippen molar-refractivity contribution in [3.8, 4) is 0 Å². The van der Waals surface area contributed by atoms with Crippen LogP contribution >= 0.6 is 0 Å². The largest absolute Gasteiger partial charge is 0.463 e. The van der Waals surface area contributed by atoms with Gasteiger partial charge in [-0.2, -0.15) is 0 Å². The lowest BCUT2D eigenvalue weighted by Crippen LogP contribution is -2.25. The molecule has 44 heavy (non-hydrogen) atoms. The number of carbonyl (C=O) groups excluding carboxylic acids is 2. The second kappa shape index (κ2) is 25.9. The Morgan fingerprint density at radius 1 is 0.500 bits per heavy atom. The van der Waals surface area contributed by atoms with E-state index in [4.69, 9.17) is 18.9 Å². The Hall–Kier alpha value is -1.18. The summed E-state index contributed by atoms with van der Waals surface area (Å²) in [6, 6.07) is 0. The summed E-state index contributed by atoms with van der Waals surface area (Å²) in [5.74, 6) is -0.593. The van der Waals surface area contributed by atoms with E-state index in [1.165, 1.54) is 116 Å². The summed E-state index contributed by atoms with van der Waals surface area (Å²) in [6.07, 6.45) is 30.5. The molecule has 7 nitrogen and oxygen atoms in total. The van der Waals surface area contributed by atoms with Crippen molar-refractivity contribution in [3.63, 3.8) is 0 Å². The zero-order valence-corrected chi connectivity index (χ0v) is 28.6. The summed E-state index contributed by atoms with van der Waals surface area (Å²) in [5.41, 5.74) is 0. The Morgan fingerprint density at radius 3 is 1.14 bits per heavy atom. The van der Waals surface area contributed by atoms with Crippen LogP contribution in [0.15, 0.2) is 0 Å². The smallest absolute Gasteiger partial charge is 0.305 e. The molecule has 2 heterocycles. The summed E-state index contributed by atoms with van der Waals surface area (Å²) in [6.45, 7) is 4.25.